The Kier molecular flexibility index (Phi) is 7.42. The Hall–Kier alpha value is -3.76. The summed E-state index contributed by atoms with van der Waals surface area (Å²) in [6.07, 6.45) is 8.19. The molecule has 5 heterocycles. The first-order chi connectivity index (χ1) is 18.6. The van der Waals surface area contributed by atoms with Crippen molar-refractivity contribution in [2.75, 3.05) is 0 Å². The van der Waals surface area contributed by atoms with Gasteiger partial charge in [-0.2, -0.15) is 0 Å². The Bertz CT molecular complexity index is 1600. The van der Waals surface area contributed by atoms with Gasteiger partial charge in [0.05, 0.1) is 23.3 Å². The van der Waals surface area contributed by atoms with Gasteiger partial charge in [0.25, 0.3) is 5.56 Å². The number of aliphatic hydroxyl groups is 1. The third-order valence-corrected chi connectivity index (χ3v) is 6.84. The Morgan fingerprint density at radius 1 is 1.05 bits per heavy atom. The van der Waals surface area contributed by atoms with Crippen LogP contribution >= 0.6 is 11.6 Å². The van der Waals surface area contributed by atoms with Crippen LogP contribution in [0.15, 0.2) is 47.7 Å². The van der Waals surface area contributed by atoms with E-state index in [1.54, 1.807) is 49.0 Å². The van der Waals surface area contributed by atoms with Crippen molar-refractivity contribution in [3.05, 3.63) is 92.6 Å². The first kappa shape index (κ1) is 26.8. The maximum Gasteiger partial charge on any atom is 0.277 e. The van der Waals surface area contributed by atoms with E-state index in [1.165, 1.54) is 0 Å². The van der Waals surface area contributed by atoms with E-state index >= 15 is 0 Å². The van der Waals surface area contributed by atoms with Crippen molar-refractivity contribution in [3.8, 4) is 22.8 Å². The quantitative estimate of drug-likeness (QED) is 0.367. The molecule has 0 radical (unpaired) electrons. The minimum atomic E-state index is -1.24. The number of hydrogen-bond donors (Lipinski definition) is 1. The molecule has 0 fully saturated rings. The zero-order chi connectivity index (χ0) is 27.7. The summed E-state index contributed by atoms with van der Waals surface area (Å²) < 4.78 is 34.6. The highest BCUT2D eigenvalue weighted by Crippen LogP contribution is 2.30. The van der Waals surface area contributed by atoms with Gasteiger partial charge in [0.2, 0.25) is 0 Å². The molecule has 0 atom stereocenters. The second kappa shape index (κ2) is 10.8. The third kappa shape index (κ3) is 5.67. The summed E-state index contributed by atoms with van der Waals surface area (Å²) >= 11 is 6.49. The molecule has 0 saturated heterocycles. The van der Waals surface area contributed by atoms with Gasteiger partial charge in [0.1, 0.15) is 34.5 Å². The number of hydrogen-bond acceptors (Lipinski definition) is 7. The van der Waals surface area contributed by atoms with Crippen LogP contribution in [-0.4, -0.2) is 29.6 Å². The molecular formula is C28H26ClF2N5O3. The van der Waals surface area contributed by atoms with E-state index in [4.69, 9.17) is 16.3 Å². The van der Waals surface area contributed by atoms with Gasteiger partial charge in [0, 0.05) is 30.2 Å². The zero-order valence-corrected chi connectivity index (χ0v) is 22.2. The van der Waals surface area contributed by atoms with Crippen LogP contribution in [0.3, 0.4) is 0 Å². The lowest BCUT2D eigenvalue weighted by Gasteiger charge is -2.19. The predicted octanol–water partition coefficient (Wildman–Crippen LogP) is 5.09. The van der Waals surface area contributed by atoms with Gasteiger partial charge < -0.3 is 9.84 Å². The standard InChI is InChI=1S/C28H26ClF2N5O3/c1-28(2,38)27-32-9-8-20(35-27)21-12-23-16(13-33-21)6-4-3-5-7-18-11-24(25(29)26(37)36(18)23)39-15-22-19(31)10-17(30)14-34-22/h8-14,38H,3-7,15H2,1-2H3. The summed E-state index contributed by atoms with van der Waals surface area (Å²) in [4.78, 5) is 30.6. The lowest BCUT2D eigenvalue weighted by atomic mass is 10.1. The average Bonchev–Trinajstić information content (AvgIpc) is 2.98. The van der Waals surface area contributed by atoms with E-state index in [2.05, 4.69) is 19.9 Å². The number of aromatic nitrogens is 5. The van der Waals surface area contributed by atoms with E-state index in [1.807, 2.05) is 0 Å². The number of aryl methyl sites for hydroxylation is 2. The average molecular weight is 554 g/mol. The molecule has 0 bridgehead atoms. The molecule has 4 aromatic heterocycles. The molecule has 0 aromatic carbocycles. The molecule has 39 heavy (non-hydrogen) atoms. The van der Waals surface area contributed by atoms with Gasteiger partial charge in [-0.25, -0.2) is 18.7 Å². The van der Waals surface area contributed by atoms with Crippen molar-refractivity contribution >= 4 is 11.6 Å². The van der Waals surface area contributed by atoms with Crippen LogP contribution in [-0.2, 0) is 25.0 Å². The number of pyridine rings is 3. The lowest BCUT2D eigenvalue weighted by Crippen LogP contribution is -2.24. The van der Waals surface area contributed by atoms with Gasteiger partial charge in [-0.15, -0.1) is 0 Å². The molecule has 0 aliphatic carbocycles. The zero-order valence-electron chi connectivity index (χ0n) is 21.4. The fraction of sp³-hybridized carbons (Fsp3) is 0.321. The van der Waals surface area contributed by atoms with Crippen LogP contribution in [0.5, 0.6) is 5.75 Å². The van der Waals surface area contributed by atoms with Crippen molar-refractivity contribution < 1.29 is 18.6 Å². The minimum Gasteiger partial charge on any atom is -0.485 e. The molecule has 0 spiro atoms. The molecule has 5 rings (SSSR count). The predicted molar refractivity (Wildman–Crippen MR) is 141 cm³/mol. The smallest absolute Gasteiger partial charge is 0.277 e. The van der Waals surface area contributed by atoms with Crippen LogP contribution in [0.25, 0.3) is 17.1 Å². The van der Waals surface area contributed by atoms with Gasteiger partial charge in [-0.05, 0) is 57.2 Å². The summed E-state index contributed by atoms with van der Waals surface area (Å²) in [7, 11) is 0. The molecular weight excluding hydrogens is 528 g/mol. The Balaban J connectivity index is 1.59. The van der Waals surface area contributed by atoms with E-state index in [-0.39, 0.29) is 28.9 Å². The van der Waals surface area contributed by atoms with Crippen LogP contribution in [0.4, 0.5) is 8.78 Å². The highest BCUT2D eigenvalue weighted by atomic mass is 35.5. The molecule has 0 saturated carbocycles. The van der Waals surface area contributed by atoms with E-state index < -0.39 is 22.8 Å². The van der Waals surface area contributed by atoms with Crippen molar-refractivity contribution in [2.45, 2.75) is 58.2 Å². The van der Waals surface area contributed by atoms with Crippen molar-refractivity contribution in [1.82, 2.24) is 24.5 Å². The van der Waals surface area contributed by atoms with Gasteiger partial charge >= 0.3 is 0 Å². The van der Waals surface area contributed by atoms with Gasteiger partial charge in [0.15, 0.2) is 11.6 Å². The molecule has 202 valence electrons. The van der Waals surface area contributed by atoms with E-state index in [0.29, 0.717) is 29.2 Å². The fourth-order valence-electron chi connectivity index (χ4n) is 4.47. The summed E-state index contributed by atoms with van der Waals surface area (Å²) in [6.45, 7) is 2.87. The SMILES string of the molecule is CC(C)(O)c1nccc(-c2cc3c(cn2)CCCCCc2cc(OCc4ncc(F)cc4F)c(Cl)c(=O)n2-3)n1. The van der Waals surface area contributed by atoms with E-state index in [9.17, 15) is 18.7 Å². The number of fused-ring (bicyclic) bond motifs is 3. The Labute approximate surface area is 228 Å². The second-order valence-corrected chi connectivity index (χ2v) is 10.3. The van der Waals surface area contributed by atoms with Gasteiger partial charge in [-0.1, -0.05) is 18.0 Å². The normalized spacial score (nSPS) is 13.6. The molecule has 1 aliphatic heterocycles. The minimum absolute atomic E-state index is 0.0964. The maximum atomic E-state index is 14.1. The topological polar surface area (TPSA) is 103 Å². The Morgan fingerprint density at radius 2 is 1.85 bits per heavy atom. The summed E-state index contributed by atoms with van der Waals surface area (Å²) in [6, 6.07) is 5.88. The monoisotopic (exact) mass is 553 g/mol. The van der Waals surface area contributed by atoms with Crippen LogP contribution < -0.4 is 10.3 Å². The summed E-state index contributed by atoms with van der Waals surface area (Å²) in [5.74, 6) is -1.30. The summed E-state index contributed by atoms with van der Waals surface area (Å²) in [5.41, 5.74) is 1.36. The second-order valence-electron chi connectivity index (χ2n) is 9.91. The molecule has 0 amide bonds. The van der Waals surface area contributed by atoms with Crippen LogP contribution in [0.1, 0.15) is 55.9 Å². The molecule has 0 unspecified atom stereocenters. The first-order valence-corrected chi connectivity index (χ1v) is 12.9. The highest BCUT2D eigenvalue weighted by molar-refractivity contribution is 6.31. The largest absolute Gasteiger partial charge is 0.485 e. The van der Waals surface area contributed by atoms with Crippen LogP contribution in [0.2, 0.25) is 5.02 Å². The molecule has 1 aliphatic rings. The number of ether oxygens (including phenoxy) is 1. The first-order valence-electron chi connectivity index (χ1n) is 12.5. The van der Waals surface area contributed by atoms with Crippen molar-refractivity contribution in [1.29, 1.82) is 0 Å². The third-order valence-electron chi connectivity index (χ3n) is 6.49. The molecule has 4 aromatic rings. The highest BCUT2D eigenvalue weighted by Gasteiger charge is 2.23. The van der Waals surface area contributed by atoms with Gasteiger partial charge in [-0.3, -0.25) is 19.3 Å². The van der Waals surface area contributed by atoms with Crippen LogP contribution in [0, 0.1) is 11.6 Å². The maximum absolute atomic E-state index is 14.1. The number of halogens is 3. The summed E-state index contributed by atoms with van der Waals surface area (Å²) in [5, 5.41) is 10.2. The molecule has 8 nitrogen and oxygen atoms in total. The van der Waals surface area contributed by atoms with Crippen molar-refractivity contribution in [3.63, 3.8) is 0 Å². The number of rotatable bonds is 5. The number of nitrogens with zero attached hydrogens (tertiary/aromatic N) is 5. The molecule has 1 N–H and O–H groups in total. The lowest BCUT2D eigenvalue weighted by molar-refractivity contribution is 0.0688. The fourth-order valence-corrected chi connectivity index (χ4v) is 4.66. The van der Waals surface area contributed by atoms with E-state index in [0.717, 1.165) is 43.5 Å². The molecule has 11 heteroatoms. The van der Waals surface area contributed by atoms with Crippen molar-refractivity contribution in [2.24, 2.45) is 0 Å². The Morgan fingerprint density at radius 3 is 2.62 bits per heavy atom.